The van der Waals surface area contributed by atoms with Gasteiger partial charge in [0, 0.05) is 0 Å². The zero-order chi connectivity index (χ0) is 10.9. The highest BCUT2D eigenvalue weighted by Crippen LogP contribution is 2.19. The Balaban J connectivity index is 2.61. The summed E-state index contributed by atoms with van der Waals surface area (Å²) in [4.78, 5) is 21.6. The number of alkyl halides is 2. The molecule has 1 heterocycles. The summed E-state index contributed by atoms with van der Waals surface area (Å²) in [5.41, 5.74) is 0. The summed E-state index contributed by atoms with van der Waals surface area (Å²) in [5, 5.41) is 8.12. The lowest BCUT2D eigenvalue weighted by molar-refractivity contribution is -0.166. The third kappa shape index (κ3) is 2.09. The Hall–Kier alpha value is -1.40. The van der Waals surface area contributed by atoms with E-state index in [0.29, 0.717) is 4.90 Å². The van der Waals surface area contributed by atoms with Crippen LogP contribution in [0.1, 0.15) is 6.92 Å². The molecule has 1 N–H and O–H groups in total. The standard InChI is InChI=1S/C7H9F2NO4/c1-4-2-10(6(13)14-4)3-7(8,9)5(11)12/h4H,2-3H2,1H3,(H,11,12). The molecule has 1 atom stereocenters. The first-order valence-corrected chi connectivity index (χ1v) is 3.89. The van der Waals surface area contributed by atoms with Gasteiger partial charge in [-0.2, -0.15) is 8.78 Å². The van der Waals surface area contributed by atoms with Gasteiger partial charge in [0.2, 0.25) is 0 Å². The number of halogens is 2. The molecule has 0 spiro atoms. The van der Waals surface area contributed by atoms with Crippen molar-refractivity contribution in [2.75, 3.05) is 13.1 Å². The Kier molecular flexibility index (Phi) is 2.59. The first-order valence-electron chi connectivity index (χ1n) is 3.89. The number of hydrogen-bond acceptors (Lipinski definition) is 3. The molecule has 0 aromatic rings. The quantitative estimate of drug-likeness (QED) is 0.736. The van der Waals surface area contributed by atoms with Crippen molar-refractivity contribution in [1.82, 2.24) is 4.90 Å². The van der Waals surface area contributed by atoms with Gasteiger partial charge in [-0.25, -0.2) is 9.59 Å². The van der Waals surface area contributed by atoms with E-state index in [4.69, 9.17) is 5.11 Å². The summed E-state index contributed by atoms with van der Waals surface area (Å²) >= 11 is 0. The average molecular weight is 209 g/mol. The third-order valence-electron chi connectivity index (χ3n) is 1.74. The van der Waals surface area contributed by atoms with Gasteiger partial charge in [-0.1, -0.05) is 0 Å². The molecule has 0 radical (unpaired) electrons. The van der Waals surface area contributed by atoms with Crippen LogP contribution in [-0.2, 0) is 9.53 Å². The normalized spacial score (nSPS) is 22.4. The fourth-order valence-electron chi connectivity index (χ4n) is 1.11. The highest BCUT2D eigenvalue weighted by atomic mass is 19.3. The summed E-state index contributed by atoms with van der Waals surface area (Å²) in [7, 11) is 0. The molecule has 1 saturated heterocycles. The predicted octanol–water partition coefficient (Wildman–Crippen LogP) is 0.547. The van der Waals surface area contributed by atoms with Gasteiger partial charge in [0.05, 0.1) is 13.1 Å². The van der Waals surface area contributed by atoms with Crippen LogP contribution in [0.2, 0.25) is 0 Å². The first-order chi connectivity index (χ1) is 6.33. The van der Waals surface area contributed by atoms with Crippen LogP contribution in [-0.4, -0.2) is 47.2 Å². The second-order valence-corrected chi connectivity index (χ2v) is 3.08. The van der Waals surface area contributed by atoms with Crippen molar-refractivity contribution in [3.8, 4) is 0 Å². The lowest BCUT2D eigenvalue weighted by Gasteiger charge is -2.17. The van der Waals surface area contributed by atoms with Crippen LogP contribution in [0.5, 0.6) is 0 Å². The summed E-state index contributed by atoms with van der Waals surface area (Å²) in [6.45, 7) is 0.379. The Bertz CT molecular complexity index is 268. The van der Waals surface area contributed by atoms with E-state index >= 15 is 0 Å². The first kappa shape index (κ1) is 10.7. The summed E-state index contributed by atoms with van der Waals surface area (Å²) < 4.78 is 29.9. The van der Waals surface area contributed by atoms with Crippen molar-refractivity contribution in [3.05, 3.63) is 0 Å². The minimum Gasteiger partial charge on any atom is -0.477 e. The van der Waals surface area contributed by atoms with Crippen molar-refractivity contribution < 1.29 is 28.2 Å². The van der Waals surface area contributed by atoms with Crippen LogP contribution < -0.4 is 0 Å². The minimum atomic E-state index is -3.93. The van der Waals surface area contributed by atoms with E-state index in [1.54, 1.807) is 0 Å². The summed E-state index contributed by atoms with van der Waals surface area (Å²) in [6, 6.07) is 0. The van der Waals surface area contributed by atoms with Crippen molar-refractivity contribution in [2.45, 2.75) is 19.0 Å². The van der Waals surface area contributed by atoms with E-state index in [2.05, 4.69) is 4.74 Å². The zero-order valence-electron chi connectivity index (χ0n) is 7.37. The molecule has 14 heavy (non-hydrogen) atoms. The van der Waals surface area contributed by atoms with Gasteiger partial charge in [-0.3, -0.25) is 4.90 Å². The van der Waals surface area contributed by atoms with Gasteiger partial charge < -0.3 is 9.84 Å². The predicted molar refractivity (Wildman–Crippen MR) is 40.1 cm³/mol. The molecule has 0 saturated carbocycles. The Labute approximate surface area is 78.2 Å². The van der Waals surface area contributed by atoms with E-state index in [9.17, 15) is 18.4 Å². The fraction of sp³-hybridized carbons (Fsp3) is 0.714. The number of rotatable bonds is 3. The number of aliphatic carboxylic acids is 1. The second-order valence-electron chi connectivity index (χ2n) is 3.08. The molecular formula is C7H9F2NO4. The van der Waals surface area contributed by atoms with Crippen molar-refractivity contribution in [1.29, 1.82) is 0 Å². The number of carboxylic acids is 1. The molecule has 0 bridgehead atoms. The largest absolute Gasteiger partial charge is 0.477 e. The van der Waals surface area contributed by atoms with Crippen molar-refractivity contribution in [2.24, 2.45) is 0 Å². The van der Waals surface area contributed by atoms with Gasteiger partial charge in [-0.15, -0.1) is 0 Å². The van der Waals surface area contributed by atoms with Crippen molar-refractivity contribution >= 4 is 12.1 Å². The molecule has 1 amide bonds. The minimum absolute atomic E-state index is 0.0122. The maximum Gasteiger partial charge on any atom is 0.410 e. The fourth-order valence-corrected chi connectivity index (χ4v) is 1.11. The molecule has 7 heteroatoms. The number of carbonyl (C=O) groups is 2. The van der Waals surface area contributed by atoms with Crippen LogP contribution in [0, 0.1) is 0 Å². The lowest BCUT2D eigenvalue weighted by Crippen LogP contribution is -2.43. The van der Waals surface area contributed by atoms with Crippen LogP contribution in [0.4, 0.5) is 13.6 Å². The summed E-state index contributed by atoms with van der Waals surface area (Å²) in [6.07, 6.45) is -1.38. The zero-order valence-corrected chi connectivity index (χ0v) is 7.37. The van der Waals surface area contributed by atoms with Gasteiger partial charge in [0.1, 0.15) is 6.10 Å². The highest BCUT2D eigenvalue weighted by Gasteiger charge is 2.44. The van der Waals surface area contributed by atoms with Crippen molar-refractivity contribution in [3.63, 3.8) is 0 Å². The van der Waals surface area contributed by atoms with E-state index in [-0.39, 0.29) is 6.54 Å². The third-order valence-corrected chi connectivity index (χ3v) is 1.74. The average Bonchev–Trinajstić information content (AvgIpc) is 2.29. The molecule has 1 rings (SSSR count). The second kappa shape index (κ2) is 3.39. The van der Waals surface area contributed by atoms with E-state index in [1.807, 2.05) is 0 Å². The number of nitrogens with zero attached hydrogens (tertiary/aromatic N) is 1. The van der Waals surface area contributed by atoms with E-state index in [0.717, 1.165) is 0 Å². The molecular weight excluding hydrogens is 200 g/mol. The number of carboxylic acid groups (broad SMARTS) is 1. The van der Waals surface area contributed by atoms with E-state index < -0.39 is 30.6 Å². The number of ether oxygens (including phenoxy) is 1. The molecule has 0 aliphatic carbocycles. The Morgan fingerprint density at radius 2 is 2.36 bits per heavy atom. The molecule has 1 fully saturated rings. The van der Waals surface area contributed by atoms with Gasteiger partial charge in [-0.05, 0) is 6.92 Å². The molecule has 0 aromatic heterocycles. The SMILES string of the molecule is CC1CN(CC(F)(F)C(=O)O)C(=O)O1. The monoisotopic (exact) mass is 209 g/mol. The number of hydrogen-bond donors (Lipinski definition) is 1. The van der Waals surface area contributed by atoms with Crippen LogP contribution in [0.15, 0.2) is 0 Å². The van der Waals surface area contributed by atoms with Gasteiger partial charge in [0.25, 0.3) is 0 Å². The molecule has 1 aliphatic heterocycles. The maximum absolute atomic E-state index is 12.6. The maximum atomic E-state index is 12.6. The van der Waals surface area contributed by atoms with Crippen LogP contribution in [0.25, 0.3) is 0 Å². The van der Waals surface area contributed by atoms with Crippen LogP contribution >= 0.6 is 0 Å². The Morgan fingerprint density at radius 3 is 2.71 bits per heavy atom. The van der Waals surface area contributed by atoms with Crippen LogP contribution in [0.3, 0.4) is 0 Å². The topological polar surface area (TPSA) is 66.8 Å². The van der Waals surface area contributed by atoms with Gasteiger partial charge >= 0.3 is 18.0 Å². The number of carbonyl (C=O) groups excluding carboxylic acids is 1. The number of cyclic esters (lactones) is 1. The lowest BCUT2D eigenvalue weighted by atomic mass is 10.3. The summed E-state index contributed by atoms with van der Waals surface area (Å²) in [5.74, 6) is -6.17. The smallest absolute Gasteiger partial charge is 0.410 e. The van der Waals surface area contributed by atoms with Gasteiger partial charge in [0.15, 0.2) is 0 Å². The Morgan fingerprint density at radius 1 is 1.79 bits per heavy atom. The molecule has 80 valence electrons. The molecule has 0 aromatic carbocycles. The molecule has 1 aliphatic rings. The molecule has 1 unspecified atom stereocenters. The number of amides is 1. The highest BCUT2D eigenvalue weighted by molar-refractivity contribution is 5.77. The molecule has 5 nitrogen and oxygen atoms in total. The van der Waals surface area contributed by atoms with E-state index in [1.165, 1.54) is 6.92 Å².